The van der Waals surface area contributed by atoms with Gasteiger partial charge in [-0.15, -0.1) is 0 Å². The molecule has 1 saturated heterocycles. The highest BCUT2D eigenvalue weighted by Gasteiger charge is 2.62. The highest BCUT2D eigenvalue weighted by molar-refractivity contribution is 5.86. The standard InChI is InChI=1S/C22H24N2O2/c1-21(2)18-7-5-6-8-19(18)24-15-20(25)26-22(21,24)14-13-16-9-11-17(12-10-16)23(3)4/h5-14H,15H2,1-4H3. The van der Waals surface area contributed by atoms with Gasteiger partial charge < -0.3 is 14.5 Å². The molecule has 4 nitrogen and oxygen atoms in total. The van der Waals surface area contributed by atoms with Gasteiger partial charge in [-0.3, -0.25) is 4.79 Å². The van der Waals surface area contributed by atoms with Gasteiger partial charge >= 0.3 is 5.97 Å². The lowest BCUT2D eigenvalue weighted by Gasteiger charge is -2.38. The van der Waals surface area contributed by atoms with Crippen LogP contribution in [0.4, 0.5) is 11.4 Å². The number of hydrogen-bond acceptors (Lipinski definition) is 4. The summed E-state index contributed by atoms with van der Waals surface area (Å²) in [6.45, 7) is 4.57. The van der Waals surface area contributed by atoms with E-state index in [1.807, 2.05) is 32.3 Å². The number of esters is 1. The lowest BCUT2D eigenvalue weighted by Crippen LogP contribution is -2.51. The number of nitrogens with zero attached hydrogens (tertiary/aromatic N) is 2. The third kappa shape index (κ3) is 2.25. The Hall–Kier alpha value is -2.75. The summed E-state index contributed by atoms with van der Waals surface area (Å²) in [4.78, 5) is 16.4. The summed E-state index contributed by atoms with van der Waals surface area (Å²) in [6.07, 6.45) is 4.10. The van der Waals surface area contributed by atoms with Gasteiger partial charge in [0.25, 0.3) is 0 Å². The van der Waals surface area contributed by atoms with Crippen molar-refractivity contribution in [1.82, 2.24) is 0 Å². The number of fused-ring (bicyclic) bond motifs is 3. The van der Waals surface area contributed by atoms with Crippen LogP contribution in [-0.4, -0.2) is 32.3 Å². The van der Waals surface area contributed by atoms with Gasteiger partial charge in [0.2, 0.25) is 5.72 Å². The molecule has 0 amide bonds. The average molecular weight is 348 g/mol. The Bertz CT molecular complexity index is 883. The minimum absolute atomic E-state index is 0.180. The Balaban J connectivity index is 1.75. The number of carbonyl (C=O) groups excluding carboxylic acids is 1. The molecule has 0 aliphatic carbocycles. The van der Waals surface area contributed by atoms with Crippen LogP contribution in [0.15, 0.2) is 54.6 Å². The van der Waals surface area contributed by atoms with E-state index in [1.54, 1.807) is 0 Å². The fraction of sp³-hybridized carbons (Fsp3) is 0.318. The van der Waals surface area contributed by atoms with Crippen molar-refractivity contribution < 1.29 is 9.53 Å². The SMILES string of the molecule is CN(C)c1ccc(C=CC23OC(=O)CN2c2ccccc2C3(C)C)cc1. The van der Waals surface area contributed by atoms with E-state index >= 15 is 0 Å². The van der Waals surface area contributed by atoms with Crippen LogP contribution in [0.25, 0.3) is 6.08 Å². The molecule has 0 spiro atoms. The largest absolute Gasteiger partial charge is 0.433 e. The number of hydrogen-bond donors (Lipinski definition) is 0. The second-order valence-electron chi connectivity index (χ2n) is 7.72. The van der Waals surface area contributed by atoms with E-state index in [0.717, 1.165) is 16.9 Å². The van der Waals surface area contributed by atoms with Crippen LogP contribution in [0.1, 0.15) is 25.0 Å². The van der Waals surface area contributed by atoms with Crippen molar-refractivity contribution in [2.45, 2.75) is 25.0 Å². The molecule has 4 rings (SSSR count). The second kappa shape index (κ2) is 5.63. The first-order valence-corrected chi connectivity index (χ1v) is 8.91. The van der Waals surface area contributed by atoms with Gasteiger partial charge in [-0.1, -0.05) is 36.4 Å². The number of ether oxygens (including phenoxy) is 1. The van der Waals surface area contributed by atoms with Crippen molar-refractivity contribution in [3.8, 4) is 0 Å². The van der Waals surface area contributed by atoms with E-state index in [2.05, 4.69) is 66.1 Å². The van der Waals surface area contributed by atoms with Crippen LogP contribution < -0.4 is 9.80 Å². The van der Waals surface area contributed by atoms with Gasteiger partial charge in [0.1, 0.15) is 6.54 Å². The van der Waals surface area contributed by atoms with Crippen molar-refractivity contribution in [1.29, 1.82) is 0 Å². The Morgan fingerprint density at radius 3 is 2.46 bits per heavy atom. The summed E-state index contributed by atoms with van der Waals surface area (Å²) in [6, 6.07) is 16.6. The minimum atomic E-state index is -0.784. The van der Waals surface area contributed by atoms with Crippen molar-refractivity contribution in [2.75, 3.05) is 30.4 Å². The molecule has 2 aromatic rings. The lowest BCUT2D eigenvalue weighted by atomic mass is 9.77. The van der Waals surface area contributed by atoms with Crippen LogP contribution in [-0.2, 0) is 14.9 Å². The smallest absolute Gasteiger partial charge is 0.328 e. The van der Waals surface area contributed by atoms with Crippen LogP contribution in [0.3, 0.4) is 0 Å². The predicted molar refractivity (Wildman–Crippen MR) is 105 cm³/mol. The highest BCUT2D eigenvalue weighted by atomic mass is 16.6. The molecule has 2 aliphatic heterocycles. The van der Waals surface area contributed by atoms with E-state index in [-0.39, 0.29) is 17.9 Å². The first-order valence-electron chi connectivity index (χ1n) is 8.91. The molecule has 0 bridgehead atoms. The van der Waals surface area contributed by atoms with Crippen molar-refractivity contribution in [3.05, 3.63) is 65.7 Å². The van der Waals surface area contributed by atoms with E-state index < -0.39 is 5.72 Å². The average Bonchev–Trinajstić information content (AvgIpc) is 3.05. The highest BCUT2D eigenvalue weighted by Crippen LogP contribution is 2.55. The van der Waals surface area contributed by atoms with E-state index in [0.29, 0.717) is 0 Å². The molecule has 1 unspecified atom stereocenters. The molecule has 0 radical (unpaired) electrons. The van der Waals surface area contributed by atoms with Crippen molar-refractivity contribution >= 4 is 23.4 Å². The molecule has 0 N–H and O–H groups in total. The van der Waals surface area contributed by atoms with Gasteiger partial charge in [-0.2, -0.15) is 0 Å². The zero-order valence-electron chi connectivity index (χ0n) is 15.7. The Morgan fingerprint density at radius 2 is 1.77 bits per heavy atom. The summed E-state index contributed by atoms with van der Waals surface area (Å²) in [5.74, 6) is -0.180. The van der Waals surface area contributed by atoms with Crippen LogP contribution >= 0.6 is 0 Å². The summed E-state index contributed by atoms with van der Waals surface area (Å²) in [5, 5.41) is 0. The monoisotopic (exact) mass is 348 g/mol. The summed E-state index contributed by atoms with van der Waals surface area (Å²) in [7, 11) is 4.05. The predicted octanol–water partition coefficient (Wildman–Crippen LogP) is 3.82. The zero-order valence-corrected chi connectivity index (χ0v) is 15.7. The number of rotatable bonds is 3. The maximum absolute atomic E-state index is 12.2. The molecular formula is C22H24N2O2. The molecule has 4 heteroatoms. The third-order valence-electron chi connectivity index (χ3n) is 5.63. The summed E-state index contributed by atoms with van der Waals surface area (Å²) < 4.78 is 5.95. The van der Waals surface area contributed by atoms with E-state index in [4.69, 9.17) is 4.74 Å². The quantitative estimate of drug-likeness (QED) is 0.790. The maximum Gasteiger partial charge on any atom is 0.328 e. The third-order valence-corrected chi connectivity index (χ3v) is 5.63. The van der Waals surface area contributed by atoms with E-state index in [9.17, 15) is 4.79 Å². The molecular weight excluding hydrogens is 324 g/mol. The van der Waals surface area contributed by atoms with Crippen LogP contribution in [0.5, 0.6) is 0 Å². The topological polar surface area (TPSA) is 32.8 Å². The fourth-order valence-electron chi connectivity index (χ4n) is 4.09. The first kappa shape index (κ1) is 16.7. The molecule has 134 valence electrons. The number of benzene rings is 2. The van der Waals surface area contributed by atoms with E-state index in [1.165, 1.54) is 5.56 Å². The molecule has 1 fully saturated rings. The second-order valence-corrected chi connectivity index (χ2v) is 7.72. The van der Waals surface area contributed by atoms with Crippen molar-refractivity contribution in [3.63, 3.8) is 0 Å². The van der Waals surface area contributed by atoms with Gasteiger partial charge in [0.15, 0.2) is 0 Å². The fourth-order valence-corrected chi connectivity index (χ4v) is 4.09. The van der Waals surface area contributed by atoms with Gasteiger partial charge in [0, 0.05) is 25.5 Å². The normalized spacial score (nSPS) is 23.1. The first-order chi connectivity index (χ1) is 12.3. The molecule has 2 aliphatic rings. The molecule has 0 aromatic heterocycles. The van der Waals surface area contributed by atoms with Crippen LogP contribution in [0, 0.1) is 0 Å². The molecule has 2 aromatic carbocycles. The summed E-state index contributed by atoms with van der Waals surface area (Å²) >= 11 is 0. The molecule has 2 heterocycles. The molecule has 1 atom stereocenters. The minimum Gasteiger partial charge on any atom is -0.433 e. The summed E-state index contributed by atoms with van der Waals surface area (Å²) in [5.41, 5.74) is 3.41. The maximum atomic E-state index is 12.2. The van der Waals surface area contributed by atoms with Gasteiger partial charge in [0.05, 0.1) is 5.41 Å². The number of anilines is 2. The zero-order chi connectivity index (χ0) is 18.5. The Labute approximate surface area is 154 Å². The van der Waals surface area contributed by atoms with Crippen molar-refractivity contribution in [2.24, 2.45) is 0 Å². The van der Waals surface area contributed by atoms with Gasteiger partial charge in [-0.05, 0) is 49.2 Å². The van der Waals surface area contributed by atoms with Gasteiger partial charge in [-0.25, -0.2) is 0 Å². The molecule has 26 heavy (non-hydrogen) atoms. The lowest BCUT2D eigenvalue weighted by molar-refractivity contribution is -0.147. The Kier molecular flexibility index (Phi) is 3.62. The van der Waals surface area contributed by atoms with Crippen LogP contribution in [0.2, 0.25) is 0 Å². The molecule has 0 saturated carbocycles. The number of carbonyl (C=O) groups is 1. The number of para-hydroxylation sites is 1. The Morgan fingerprint density at radius 1 is 1.08 bits per heavy atom.